The molecule has 0 atom stereocenters. The van der Waals surface area contributed by atoms with Crippen LogP contribution in [0.15, 0.2) is 18.2 Å². The maximum absolute atomic E-state index is 13.9. The Balaban J connectivity index is 1.95. The van der Waals surface area contributed by atoms with Crippen molar-refractivity contribution < 1.29 is 13.9 Å². The van der Waals surface area contributed by atoms with Gasteiger partial charge < -0.3 is 15.0 Å². The first-order chi connectivity index (χ1) is 9.93. The molecule has 1 heterocycles. The Morgan fingerprint density at radius 2 is 2.10 bits per heavy atom. The largest absolute Gasteiger partial charge is 0.497 e. The second-order valence-electron chi connectivity index (χ2n) is 6.14. The highest BCUT2D eigenvalue weighted by molar-refractivity contribution is 5.94. The summed E-state index contributed by atoms with van der Waals surface area (Å²) in [5.41, 5.74) is 0.151. The van der Waals surface area contributed by atoms with Crippen molar-refractivity contribution >= 4 is 5.91 Å². The lowest BCUT2D eigenvalue weighted by atomic mass is 9.80. The zero-order valence-corrected chi connectivity index (χ0v) is 12.9. The molecule has 0 saturated carbocycles. The molecule has 1 aromatic carbocycles. The van der Waals surface area contributed by atoms with Crippen LogP contribution in [0.3, 0.4) is 0 Å². The predicted molar refractivity (Wildman–Crippen MR) is 80.1 cm³/mol. The molecule has 0 aliphatic carbocycles. The summed E-state index contributed by atoms with van der Waals surface area (Å²) in [7, 11) is 3.57. The molecule has 1 aliphatic heterocycles. The van der Waals surface area contributed by atoms with Crippen LogP contribution >= 0.6 is 0 Å². The van der Waals surface area contributed by atoms with Crippen molar-refractivity contribution in [3.8, 4) is 5.75 Å². The molecule has 5 heteroatoms. The van der Waals surface area contributed by atoms with E-state index in [1.54, 1.807) is 6.07 Å². The molecule has 0 bridgehead atoms. The lowest BCUT2D eigenvalue weighted by Gasteiger charge is -2.37. The van der Waals surface area contributed by atoms with Crippen LogP contribution in [-0.4, -0.2) is 44.6 Å². The van der Waals surface area contributed by atoms with Gasteiger partial charge in [0.25, 0.3) is 5.91 Å². The summed E-state index contributed by atoms with van der Waals surface area (Å²) < 4.78 is 18.8. The first-order valence-corrected chi connectivity index (χ1v) is 7.24. The van der Waals surface area contributed by atoms with Crippen molar-refractivity contribution in [2.75, 3.05) is 33.8 Å². The smallest absolute Gasteiger partial charge is 0.254 e. The van der Waals surface area contributed by atoms with Crippen molar-refractivity contribution in [3.05, 3.63) is 29.6 Å². The summed E-state index contributed by atoms with van der Waals surface area (Å²) in [5.74, 6) is -0.512. The number of carbonyl (C=O) groups excluding carboxylic acids is 1. The predicted octanol–water partition coefficient (Wildman–Crippen LogP) is 2.30. The Hall–Kier alpha value is -1.62. The molecule has 1 saturated heterocycles. The minimum absolute atomic E-state index is 0.0623. The second kappa shape index (κ2) is 6.43. The summed E-state index contributed by atoms with van der Waals surface area (Å²) >= 11 is 0. The number of hydrogen-bond acceptors (Lipinski definition) is 3. The third kappa shape index (κ3) is 3.94. The SMILES string of the molecule is COc1ccc(C(=O)NCC2(C)CCN(C)CC2)c(F)c1. The molecule has 0 unspecified atom stereocenters. The van der Waals surface area contributed by atoms with Crippen LogP contribution in [0.5, 0.6) is 5.75 Å². The van der Waals surface area contributed by atoms with E-state index in [1.165, 1.54) is 19.2 Å². The molecule has 1 fully saturated rings. The van der Waals surface area contributed by atoms with Crippen LogP contribution in [-0.2, 0) is 0 Å². The zero-order valence-electron chi connectivity index (χ0n) is 12.9. The van der Waals surface area contributed by atoms with Gasteiger partial charge in [0, 0.05) is 12.6 Å². The second-order valence-corrected chi connectivity index (χ2v) is 6.14. The van der Waals surface area contributed by atoms with Crippen molar-refractivity contribution in [1.82, 2.24) is 10.2 Å². The van der Waals surface area contributed by atoms with Gasteiger partial charge in [-0.2, -0.15) is 0 Å². The van der Waals surface area contributed by atoms with Crippen LogP contribution in [0, 0.1) is 11.2 Å². The normalized spacial score (nSPS) is 18.3. The van der Waals surface area contributed by atoms with Gasteiger partial charge in [0.1, 0.15) is 11.6 Å². The lowest BCUT2D eigenvalue weighted by Crippen LogP contribution is -2.43. The van der Waals surface area contributed by atoms with Crippen LogP contribution < -0.4 is 10.1 Å². The third-order valence-electron chi connectivity index (χ3n) is 4.29. The highest BCUT2D eigenvalue weighted by atomic mass is 19.1. The first-order valence-electron chi connectivity index (χ1n) is 7.24. The minimum Gasteiger partial charge on any atom is -0.497 e. The van der Waals surface area contributed by atoms with E-state index in [-0.39, 0.29) is 16.9 Å². The number of benzene rings is 1. The van der Waals surface area contributed by atoms with Gasteiger partial charge in [0.2, 0.25) is 0 Å². The monoisotopic (exact) mass is 294 g/mol. The van der Waals surface area contributed by atoms with Gasteiger partial charge >= 0.3 is 0 Å². The van der Waals surface area contributed by atoms with Crippen molar-refractivity contribution in [2.45, 2.75) is 19.8 Å². The Labute approximate surface area is 125 Å². The van der Waals surface area contributed by atoms with Gasteiger partial charge in [-0.15, -0.1) is 0 Å². The van der Waals surface area contributed by atoms with Crippen LogP contribution in [0.2, 0.25) is 0 Å². The number of methoxy groups -OCH3 is 1. The summed E-state index contributed by atoms with van der Waals surface area (Å²) in [6, 6.07) is 4.28. The number of hydrogen-bond donors (Lipinski definition) is 1. The molecule has 1 aromatic rings. The van der Waals surface area contributed by atoms with E-state index in [0.29, 0.717) is 12.3 Å². The molecule has 0 aromatic heterocycles. The number of ether oxygens (including phenoxy) is 1. The molecule has 1 aliphatic rings. The number of amides is 1. The summed E-state index contributed by atoms with van der Waals surface area (Å²) in [5, 5.41) is 2.86. The van der Waals surface area contributed by atoms with Gasteiger partial charge in [0.05, 0.1) is 12.7 Å². The van der Waals surface area contributed by atoms with Crippen LogP contribution in [0.4, 0.5) is 4.39 Å². The van der Waals surface area contributed by atoms with Crippen molar-refractivity contribution in [3.63, 3.8) is 0 Å². The molecule has 1 amide bonds. The van der Waals surface area contributed by atoms with E-state index in [9.17, 15) is 9.18 Å². The molecule has 2 rings (SSSR count). The van der Waals surface area contributed by atoms with E-state index in [1.807, 2.05) is 0 Å². The van der Waals surface area contributed by atoms with E-state index < -0.39 is 5.82 Å². The Morgan fingerprint density at radius 3 is 2.67 bits per heavy atom. The van der Waals surface area contributed by atoms with E-state index >= 15 is 0 Å². The van der Waals surface area contributed by atoms with Crippen LogP contribution in [0.25, 0.3) is 0 Å². The van der Waals surface area contributed by atoms with Gasteiger partial charge in [-0.1, -0.05) is 6.92 Å². The number of piperidine rings is 1. The Morgan fingerprint density at radius 1 is 1.43 bits per heavy atom. The molecule has 0 spiro atoms. The van der Waals surface area contributed by atoms with E-state index in [4.69, 9.17) is 4.74 Å². The summed E-state index contributed by atoms with van der Waals surface area (Å²) in [6.45, 7) is 4.81. The third-order valence-corrected chi connectivity index (χ3v) is 4.29. The fourth-order valence-electron chi connectivity index (χ4n) is 2.53. The fourth-order valence-corrected chi connectivity index (χ4v) is 2.53. The fraction of sp³-hybridized carbons (Fsp3) is 0.562. The topological polar surface area (TPSA) is 41.6 Å². The lowest BCUT2D eigenvalue weighted by molar-refractivity contribution is 0.0887. The highest BCUT2D eigenvalue weighted by Gasteiger charge is 2.29. The van der Waals surface area contributed by atoms with Crippen molar-refractivity contribution in [2.24, 2.45) is 5.41 Å². The molecule has 116 valence electrons. The molecule has 1 N–H and O–H groups in total. The Bertz CT molecular complexity index is 511. The Kier molecular flexibility index (Phi) is 4.83. The number of rotatable bonds is 4. The molecule has 0 radical (unpaired) electrons. The number of halogens is 1. The standard InChI is InChI=1S/C16H23FN2O2/c1-16(6-8-19(2)9-7-16)11-18-15(20)13-5-4-12(21-3)10-14(13)17/h4-5,10H,6-9,11H2,1-3H3,(H,18,20). The molecule has 21 heavy (non-hydrogen) atoms. The van der Waals surface area contributed by atoms with Crippen LogP contribution in [0.1, 0.15) is 30.1 Å². The molecule has 4 nitrogen and oxygen atoms in total. The highest BCUT2D eigenvalue weighted by Crippen LogP contribution is 2.29. The minimum atomic E-state index is -0.555. The van der Waals surface area contributed by atoms with Gasteiger partial charge in [-0.25, -0.2) is 4.39 Å². The van der Waals surface area contributed by atoms with Gasteiger partial charge in [0.15, 0.2) is 0 Å². The average molecular weight is 294 g/mol. The quantitative estimate of drug-likeness (QED) is 0.926. The summed E-state index contributed by atoms with van der Waals surface area (Å²) in [4.78, 5) is 14.4. The zero-order chi connectivity index (χ0) is 15.5. The molecular formula is C16H23FN2O2. The molecular weight excluding hydrogens is 271 g/mol. The number of likely N-dealkylation sites (tertiary alicyclic amines) is 1. The maximum Gasteiger partial charge on any atom is 0.254 e. The van der Waals surface area contributed by atoms with Gasteiger partial charge in [-0.3, -0.25) is 4.79 Å². The van der Waals surface area contributed by atoms with E-state index in [2.05, 4.69) is 24.2 Å². The number of nitrogens with zero attached hydrogens (tertiary/aromatic N) is 1. The number of carbonyl (C=O) groups is 1. The average Bonchev–Trinajstić information content (AvgIpc) is 2.48. The maximum atomic E-state index is 13.9. The van der Waals surface area contributed by atoms with Gasteiger partial charge in [-0.05, 0) is 50.5 Å². The van der Waals surface area contributed by atoms with Crippen molar-refractivity contribution in [1.29, 1.82) is 0 Å². The first kappa shape index (κ1) is 15.8. The number of nitrogens with one attached hydrogen (secondary N) is 1. The summed E-state index contributed by atoms with van der Waals surface area (Å²) in [6.07, 6.45) is 2.07. The van der Waals surface area contributed by atoms with E-state index in [0.717, 1.165) is 25.9 Å².